The van der Waals surface area contributed by atoms with Crippen LogP contribution in [-0.2, 0) is 6.54 Å². The smallest absolute Gasteiger partial charge is 0.0952 e. The fraction of sp³-hybridized carbons (Fsp3) is 0.182. The molecule has 0 atom stereocenters. The first-order chi connectivity index (χ1) is 7.15. The molecule has 0 radical (unpaired) electrons. The average Bonchev–Trinajstić information content (AvgIpc) is 2.58. The lowest BCUT2D eigenvalue weighted by molar-refractivity contribution is 0.797. The zero-order chi connectivity index (χ0) is 10.8. The number of aromatic nitrogens is 2. The molecule has 15 heavy (non-hydrogen) atoms. The summed E-state index contributed by atoms with van der Waals surface area (Å²) in [6.07, 6.45) is 3.79. The molecule has 0 aliphatic carbocycles. The van der Waals surface area contributed by atoms with Crippen molar-refractivity contribution < 1.29 is 0 Å². The molecule has 1 heterocycles. The van der Waals surface area contributed by atoms with Gasteiger partial charge < -0.3 is 4.57 Å². The summed E-state index contributed by atoms with van der Waals surface area (Å²) in [4.78, 5) is 4.16. The predicted molar refractivity (Wildman–Crippen MR) is 62.5 cm³/mol. The summed E-state index contributed by atoms with van der Waals surface area (Å²) in [7, 11) is 0. The quantitative estimate of drug-likeness (QED) is 0.786. The molecule has 2 nitrogen and oxygen atoms in total. The van der Waals surface area contributed by atoms with Crippen LogP contribution < -0.4 is 0 Å². The predicted octanol–water partition coefficient (Wildman–Crippen LogP) is 3.55. The second-order valence-corrected chi connectivity index (χ2v) is 4.25. The Morgan fingerprint density at radius 1 is 1.27 bits per heavy atom. The highest BCUT2D eigenvalue weighted by atomic mass is 35.5. The number of rotatable bonds is 2. The number of halogens is 2. The van der Waals surface area contributed by atoms with Crippen LogP contribution in [0.4, 0.5) is 0 Å². The average molecular weight is 241 g/mol. The minimum Gasteiger partial charge on any atom is -0.333 e. The van der Waals surface area contributed by atoms with Crippen molar-refractivity contribution in [1.82, 2.24) is 9.55 Å². The van der Waals surface area contributed by atoms with Crippen molar-refractivity contribution in [1.29, 1.82) is 0 Å². The molecular formula is C11H10Cl2N2. The molecule has 0 amide bonds. The van der Waals surface area contributed by atoms with E-state index in [0.717, 1.165) is 17.8 Å². The van der Waals surface area contributed by atoms with Crippen LogP contribution in [0.2, 0.25) is 10.0 Å². The maximum absolute atomic E-state index is 5.93. The third-order valence-electron chi connectivity index (χ3n) is 2.11. The second-order valence-electron chi connectivity index (χ2n) is 3.44. The summed E-state index contributed by atoms with van der Waals surface area (Å²) in [6, 6.07) is 5.64. The molecule has 2 aromatic rings. The van der Waals surface area contributed by atoms with Gasteiger partial charge in [0.15, 0.2) is 0 Å². The Labute approximate surface area is 98.5 Å². The van der Waals surface area contributed by atoms with E-state index in [2.05, 4.69) is 4.98 Å². The van der Waals surface area contributed by atoms with Crippen molar-refractivity contribution in [3.05, 3.63) is 52.0 Å². The Morgan fingerprint density at radius 3 is 2.67 bits per heavy atom. The number of benzene rings is 1. The minimum atomic E-state index is 0.585. The molecule has 0 bridgehead atoms. The van der Waals surface area contributed by atoms with Gasteiger partial charge in [-0.1, -0.05) is 29.3 Å². The lowest BCUT2D eigenvalue weighted by atomic mass is 10.2. The van der Waals surface area contributed by atoms with E-state index in [1.54, 1.807) is 6.33 Å². The molecule has 4 heteroatoms. The standard InChI is InChI=1S/C11H10Cl2N2/c1-8-5-15(7-14-8)6-9-2-3-10(12)11(13)4-9/h2-5,7H,6H2,1H3. The van der Waals surface area contributed by atoms with Crippen LogP contribution in [0.15, 0.2) is 30.7 Å². The maximum atomic E-state index is 5.93. The first-order valence-corrected chi connectivity index (χ1v) is 5.33. The molecular weight excluding hydrogens is 231 g/mol. The molecule has 2 rings (SSSR count). The summed E-state index contributed by atoms with van der Waals surface area (Å²) in [5, 5.41) is 1.17. The molecule has 0 unspecified atom stereocenters. The summed E-state index contributed by atoms with van der Waals surface area (Å²) in [5.41, 5.74) is 2.12. The zero-order valence-corrected chi connectivity index (χ0v) is 9.76. The van der Waals surface area contributed by atoms with Gasteiger partial charge in [-0.2, -0.15) is 0 Å². The van der Waals surface area contributed by atoms with Crippen LogP contribution in [0.5, 0.6) is 0 Å². The van der Waals surface area contributed by atoms with E-state index in [9.17, 15) is 0 Å². The van der Waals surface area contributed by atoms with Crippen molar-refractivity contribution in [3.63, 3.8) is 0 Å². The van der Waals surface area contributed by atoms with E-state index < -0.39 is 0 Å². The number of hydrogen-bond acceptors (Lipinski definition) is 1. The van der Waals surface area contributed by atoms with Crippen LogP contribution in [-0.4, -0.2) is 9.55 Å². The van der Waals surface area contributed by atoms with Gasteiger partial charge >= 0.3 is 0 Å². The van der Waals surface area contributed by atoms with E-state index in [1.165, 1.54) is 0 Å². The Kier molecular flexibility index (Phi) is 2.98. The third-order valence-corrected chi connectivity index (χ3v) is 2.85. The molecule has 1 aromatic heterocycles. The molecule has 0 spiro atoms. The number of imidazole rings is 1. The number of nitrogens with zero attached hydrogens (tertiary/aromatic N) is 2. The van der Waals surface area contributed by atoms with Gasteiger partial charge in [0.05, 0.1) is 22.1 Å². The van der Waals surface area contributed by atoms with Crippen molar-refractivity contribution in [2.75, 3.05) is 0 Å². The molecule has 78 valence electrons. The van der Waals surface area contributed by atoms with Crippen LogP contribution in [0, 0.1) is 6.92 Å². The van der Waals surface area contributed by atoms with Crippen LogP contribution in [0.3, 0.4) is 0 Å². The highest BCUT2D eigenvalue weighted by Crippen LogP contribution is 2.22. The molecule has 0 saturated heterocycles. The van der Waals surface area contributed by atoms with E-state index in [-0.39, 0.29) is 0 Å². The molecule has 1 aromatic carbocycles. The lowest BCUT2D eigenvalue weighted by Crippen LogP contribution is -1.96. The highest BCUT2D eigenvalue weighted by molar-refractivity contribution is 6.42. The van der Waals surface area contributed by atoms with E-state index in [4.69, 9.17) is 23.2 Å². The Balaban J connectivity index is 2.21. The van der Waals surface area contributed by atoms with Gasteiger partial charge in [-0.3, -0.25) is 0 Å². The fourth-order valence-electron chi connectivity index (χ4n) is 1.41. The molecule has 0 N–H and O–H groups in total. The first-order valence-electron chi connectivity index (χ1n) is 4.57. The Bertz CT molecular complexity index is 477. The molecule has 0 saturated carbocycles. The molecule has 0 aliphatic heterocycles. The lowest BCUT2D eigenvalue weighted by Gasteiger charge is -2.03. The summed E-state index contributed by atoms with van der Waals surface area (Å²) >= 11 is 11.8. The first kappa shape index (κ1) is 10.5. The van der Waals surface area contributed by atoms with Crippen molar-refractivity contribution in [3.8, 4) is 0 Å². The van der Waals surface area contributed by atoms with Crippen LogP contribution in [0.25, 0.3) is 0 Å². The SMILES string of the molecule is Cc1cn(Cc2ccc(Cl)c(Cl)c2)cn1. The Hall–Kier alpha value is -0.990. The minimum absolute atomic E-state index is 0.585. The van der Waals surface area contributed by atoms with Crippen LogP contribution in [0.1, 0.15) is 11.3 Å². The molecule has 0 aliphatic rings. The van der Waals surface area contributed by atoms with Gasteiger partial charge in [-0.05, 0) is 24.6 Å². The van der Waals surface area contributed by atoms with Gasteiger partial charge in [0.1, 0.15) is 0 Å². The maximum Gasteiger partial charge on any atom is 0.0952 e. The third kappa shape index (κ3) is 2.52. The topological polar surface area (TPSA) is 17.8 Å². The summed E-state index contributed by atoms with van der Waals surface area (Å²) < 4.78 is 2.01. The summed E-state index contributed by atoms with van der Waals surface area (Å²) in [5.74, 6) is 0. The van der Waals surface area contributed by atoms with Gasteiger partial charge in [-0.15, -0.1) is 0 Å². The molecule has 0 fully saturated rings. The van der Waals surface area contributed by atoms with Crippen LogP contribution >= 0.6 is 23.2 Å². The highest BCUT2D eigenvalue weighted by Gasteiger charge is 2.00. The van der Waals surface area contributed by atoms with Gasteiger partial charge in [0, 0.05) is 12.7 Å². The van der Waals surface area contributed by atoms with E-state index in [0.29, 0.717) is 10.0 Å². The number of aryl methyl sites for hydroxylation is 1. The van der Waals surface area contributed by atoms with Gasteiger partial charge in [0.2, 0.25) is 0 Å². The fourth-order valence-corrected chi connectivity index (χ4v) is 1.73. The van der Waals surface area contributed by atoms with Gasteiger partial charge in [0.25, 0.3) is 0 Å². The largest absolute Gasteiger partial charge is 0.333 e. The second kappa shape index (κ2) is 4.25. The van der Waals surface area contributed by atoms with Gasteiger partial charge in [-0.25, -0.2) is 4.98 Å². The van der Waals surface area contributed by atoms with E-state index in [1.807, 2.05) is 35.9 Å². The monoisotopic (exact) mass is 240 g/mol. The number of hydrogen-bond donors (Lipinski definition) is 0. The summed E-state index contributed by atoms with van der Waals surface area (Å²) in [6.45, 7) is 2.73. The van der Waals surface area contributed by atoms with Crippen molar-refractivity contribution in [2.24, 2.45) is 0 Å². The normalized spacial score (nSPS) is 10.6. The van der Waals surface area contributed by atoms with E-state index >= 15 is 0 Å². The Morgan fingerprint density at radius 2 is 2.07 bits per heavy atom. The zero-order valence-electron chi connectivity index (χ0n) is 8.24. The van der Waals surface area contributed by atoms with Crippen molar-refractivity contribution >= 4 is 23.2 Å². The van der Waals surface area contributed by atoms with Crippen molar-refractivity contribution in [2.45, 2.75) is 13.5 Å².